The van der Waals surface area contributed by atoms with Gasteiger partial charge in [0.05, 0.1) is 0 Å². The summed E-state index contributed by atoms with van der Waals surface area (Å²) in [5.74, 6) is 0. The van der Waals surface area contributed by atoms with Crippen LogP contribution in [0.4, 0.5) is 0 Å². The van der Waals surface area contributed by atoms with E-state index in [2.05, 4.69) is 91.6 Å². The number of nitrogens with zero attached hydrogens (tertiary/aromatic N) is 3. The van der Waals surface area contributed by atoms with Gasteiger partial charge in [-0.3, -0.25) is 0 Å². The molecule has 3 aromatic heterocycles. The zero-order valence-corrected chi connectivity index (χ0v) is 27.6. The molecule has 3 aliphatic heterocycles. The maximum atomic E-state index is 5.39. The number of allylic oxidation sites excluding steroid dienone is 4. The predicted octanol–water partition coefficient (Wildman–Crippen LogP) is 7.25. The summed E-state index contributed by atoms with van der Waals surface area (Å²) in [4.78, 5) is 9.33. The van der Waals surface area contributed by atoms with Crippen LogP contribution in [-0.2, 0) is 25.7 Å². The van der Waals surface area contributed by atoms with E-state index >= 15 is 0 Å². The van der Waals surface area contributed by atoms with Gasteiger partial charge in [0, 0.05) is 0 Å². The Morgan fingerprint density at radius 3 is 1.98 bits per heavy atom. The summed E-state index contributed by atoms with van der Waals surface area (Å²) in [6, 6.07) is 2.85. The standard InChI is InChI=1S/C36H46N4.Al/c1-9-21-22(10-2)30-18-32-25(13-5)26(14-6)34(39-32)20-36-28(16-8)27(15-7)35(40-36)19-33-24(12-4)23(11-3)31(38-33)17-29(21)37-30;/h17-20,29,38H,9-16H2,1-8H3;/q-2;+3/b30-18?,31-17-,33-19-,36-20-;/t29-;/m0./s1. The quantitative estimate of drug-likeness (QED) is 0.281. The average Bonchev–Trinajstić information content (AvgIpc) is 3.68. The van der Waals surface area contributed by atoms with Crippen molar-refractivity contribution in [2.75, 3.05) is 0 Å². The third-order valence-corrected chi connectivity index (χ3v) is 11.5. The van der Waals surface area contributed by atoms with Gasteiger partial charge in [-0.05, 0) is 0 Å². The van der Waals surface area contributed by atoms with Crippen molar-refractivity contribution >= 4 is 50.3 Å². The third kappa shape index (κ3) is 4.18. The molecule has 41 heavy (non-hydrogen) atoms. The van der Waals surface area contributed by atoms with Gasteiger partial charge in [-0.25, -0.2) is 0 Å². The molecule has 0 spiro atoms. The van der Waals surface area contributed by atoms with Crippen molar-refractivity contribution < 1.29 is 0 Å². The topological polar surface area (TPSA) is 37.5 Å². The monoisotopic (exact) mass is 561 g/mol. The number of hydrogen-bond donors (Lipinski definition) is 1. The number of nitrogens with one attached hydrogen (secondary N) is 1. The van der Waals surface area contributed by atoms with Crippen molar-refractivity contribution in [3.8, 4) is 0 Å². The predicted molar refractivity (Wildman–Crippen MR) is 177 cm³/mol. The van der Waals surface area contributed by atoms with Gasteiger partial charge in [0.25, 0.3) is 0 Å². The van der Waals surface area contributed by atoms with Crippen LogP contribution in [-0.4, -0.2) is 32.8 Å². The first-order valence-corrected chi connectivity index (χ1v) is 17.3. The Morgan fingerprint density at radius 2 is 1.37 bits per heavy atom. The molecule has 6 heterocycles. The van der Waals surface area contributed by atoms with E-state index in [1.54, 1.807) is 11.1 Å². The fraction of sp³-hybridized carbons (Fsp3) is 0.472. The molecular weight excluding hydrogens is 515 g/mol. The minimum atomic E-state index is -0.143. The first-order valence-electron chi connectivity index (χ1n) is 16.3. The summed E-state index contributed by atoms with van der Waals surface area (Å²) in [5, 5.41) is 2.56. The fourth-order valence-corrected chi connectivity index (χ4v) is 9.78. The summed E-state index contributed by atoms with van der Waals surface area (Å²) >= 11 is -0.143. The first-order chi connectivity index (χ1) is 20.0. The van der Waals surface area contributed by atoms with Gasteiger partial charge in [-0.1, -0.05) is 0 Å². The molecular formula is C36H46AlN4+. The number of aryl methyl sites for hydroxylation is 1. The number of fused-ring (bicyclic) bond motifs is 3. The van der Waals surface area contributed by atoms with E-state index in [0.29, 0.717) is 6.04 Å². The van der Waals surface area contributed by atoms with Gasteiger partial charge in [-0.2, -0.15) is 0 Å². The summed E-state index contributed by atoms with van der Waals surface area (Å²) in [5.41, 5.74) is 18.6. The summed E-state index contributed by atoms with van der Waals surface area (Å²) in [7, 11) is 0. The second-order valence-corrected chi connectivity index (χ2v) is 12.9. The van der Waals surface area contributed by atoms with Crippen molar-refractivity contribution in [2.45, 2.75) is 113 Å². The molecule has 0 aromatic carbocycles. The Labute approximate surface area is 252 Å². The molecule has 6 bridgehead atoms. The molecule has 1 N–H and O–H groups in total. The van der Waals surface area contributed by atoms with Gasteiger partial charge >= 0.3 is 253 Å². The van der Waals surface area contributed by atoms with Crippen molar-refractivity contribution in [3.63, 3.8) is 0 Å². The van der Waals surface area contributed by atoms with Crippen LogP contribution in [0.25, 0.3) is 29.3 Å². The second kappa shape index (κ2) is 11.2. The Hall–Kier alpha value is -2.74. The molecule has 0 fully saturated rings. The van der Waals surface area contributed by atoms with E-state index in [0.717, 1.165) is 57.1 Å². The molecule has 0 saturated heterocycles. The molecule has 3 aliphatic rings. The zero-order chi connectivity index (χ0) is 29.0. The molecule has 3 aromatic rings. The van der Waals surface area contributed by atoms with E-state index in [-0.39, 0.29) is 15.2 Å². The molecule has 212 valence electrons. The van der Waals surface area contributed by atoms with E-state index in [1.165, 1.54) is 66.7 Å². The summed E-state index contributed by atoms with van der Waals surface area (Å²) < 4.78 is 5.46. The number of hydrogen-bond acceptors (Lipinski definition) is 1. The van der Waals surface area contributed by atoms with Gasteiger partial charge in [0.15, 0.2) is 0 Å². The minimum absolute atomic E-state index is 0.143. The van der Waals surface area contributed by atoms with Gasteiger partial charge < -0.3 is 0 Å². The molecule has 0 aliphatic carbocycles. The molecule has 5 heteroatoms. The van der Waals surface area contributed by atoms with Crippen molar-refractivity contribution in [3.05, 3.63) is 72.8 Å². The van der Waals surface area contributed by atoms with Crippen LogP contribution in [0.5, 0.6) is 0 Å². The SMILES string of the molecule is CCC1=C(CC)/C2=C/c3c(CC)c(CC)c4cc5[n]([Al+][n]34)[C@@H](/C=c3\[nH]/c(c(CC)c3CC)=C\C1=N2)C(CC)=C5CC. The van der Waals surface area contributed by atoms with Crippen LogP contribution in [0.1, 0.15) is 121 Å². The van der Waals surface area contributed by atoms with E-state index in [9.17, 15) is 0 Å². The van der Waals surface area contributed by atoms with Crippen LogP contribution in [0, 0.1) is 0 Å². The van der Waals surface area contributed by atoms with E-state index < -0.39 is 0 Å². The zero-order valence-electron chi connectivity index (χ0n) is 26.5. The summed E-state index contributed by atoms with van der Waals surface area (Å²) in [6.07, 6.45) is 15.7. The molecule has 0 unspecified atom stereocenters. The van der Waals surface area contributed by atoms with Crippen molar-refractivity contribution in [1.82, 2.24) is 11.9 Å². The maximum absolute atomic E-state index is 5.39. The number of H-pyrrole nitrogens is 1. The molecule has 1 atom stereocenters. The Kier molecular flexibility index (Phi) is 7.73. The first kappa shape index (κ1) is 28.4. The Bertz CT molecular complexity index is 1820. The van der Waals surface area contributed by atoms with Gasteiger partial charge in [0.1, 0.15) is 0 Å². The molecule has 6 rings (SSSR count). The molecule has 0 radical (unpaired) electrons. The van der Waals surface area contributed by atoms with Crippen molar-refractivity contribution in [2.24, 2.45) is 4.99 Å². The summed E-state index contributed by atoms with van der Waals surface area (Å²) in [6.45, 7) is 18.6. The normalized spacial score (nSPS) is 20.6. The number of aromatic amines is 1. The van der Waals surface area contributed by atoms with E-state index in [1.807, 2.05) is 0 Å². The van der Waals surface area contributed by atoms with Crippen LogP contribution >= 0.6 is 0 Å². The molecule has 0 saturated carbocycles. The van der Waals surface area contributed by atoms with Gasteiger partial charge in [0.2, 0.25) is 0 Å². The number of rotatable bonds is 8. The van der Waals surface area contributed by atoms with Crippen LogP contribution in [0.3, 0.4) is 0 Å². The van der Waals surface area contributed by atoms with Crippen LogP contribution < -0.4 is 10.7 Å². The molecule has 4 nitrogen and oxygen atoms in total. The van der Waals surface area contributed by atoms with E-state index in [4.69, 9.17) is 4.99 Å². The van der Waals surface area contributed by atoms with Crippen LogP contribution in [0.15, 0.2) is 33.5 Å². The van der Waals surface area contributed by atoms with Gasteiger partial charge in [-0.15, -0.1) is 0 Å². The number of aromatic nitrogens is 3. The Morgan fingerprint density at radius 1 is 0.707 bits per heavy atom. The third-order valence-electron chi connectivity index (χ3n) is 9.89. The fourth-order valence-electron chi connectivity index (χ4n) is 8.05. The average molecular weight is 562 g/mol. The Balaban J connectivity index is 1.82. The van der Waals surface area contributed by atoms with Crippen LogP contribution in [0.2, 0.25) is 0 Å². The number of aliphatic imine (C=N–C) groups is 1. The van der Waals surface area contributed by atoms with Crippen molar-refractivity contribution in [1.29, 1.82) is 0 Å². The second-order valence-electron chi connectivity index (χ2n) is 11.6. The molecule has 0 amide bonds.